The van der Waals surface area contributed by atoms with Crippen molar-refractivity contribution < 1.29 is 0 Å². The molecule has 2 heteroatoms. The van der Waals surface area contributed by atoms with Gasteiger partial charge in [-0.3, -0.25) is 0 Å². The van der Waals surface area contributed by atoms with Crippen LogP contribution < -0.4 is 9.80 Å². The highest BCUT2D eigenvalue weighted by Gasteiger charge is 2.40. The number of para-hydroxylation sites is 2. The molecule has 0 heterocycles. The van der Waals surface area contributed by atoms with Crippen molar-refractivity contribution in [3.05, 3.63) is 254 Å². The predicted octanol–water partition coefficient (Wildman–Crippen LogP) is 17.7. The molecule has 0 N–H and O–H groups in total. The van der Waals surface area contributed by atoms with E-state index < -0.39 is 0 Å². The fraction of sp³-hybridized carbons (Fsp3) is 0.0476. The summed E-state index contributed by atoms with van der Waals surface area (Å²) in [4.78, 5) is 4.76. The molecule has 308 valence electrons. The quantitative estimate of drug-likeness (QED) is 0.141. The molecule has 0 bridgehead atoms. The Kier molecular flexibility index (Phi) is 9.21. The summed E-state index contributed by atoms with van der Waals surface area (Å²) in [6.07, 6.45) is 0. The molecule has 1 aliphatic rings. The zero-order chi connectivity index (χ0) is 43.5. The van der Waals surface area contributed by atoms with Crippen LogP contribution in [0.5, 0.6) is 0 Å². The van der Waals surface area contributed by atoms with Gasteiger partial charge in [-0.2, -0.15) is 0 Å². The summed E-state index contributed by atoms with van der Waals surface area (Å²) in [7, 11) is 0. The first-order valence-electron chi connectivity index (χ1n) is 22.6. The van der Waals surface area contributed by atoms with Crippen molar-refractivity contribution in [2.45, 2.75) is 19.3 Å². The van der Waals surface area contributed by atoms with E-state index in [0.29, 0.717) is 0 Å². The maximum Gasteiger partial charge on any atom is 0.0468 e. The van der Waals surface area contributed by atoms with E-state index in [1.807, 2.05) is 0 Å². The summed E-state index contributed by atoms with van der Waals surface area (Å²) >= 11 is 0. The van der Waals surface area contributed by atoms with Gasteiger partial charge in [0.2, 0.25) is 0 Å². The summed E-state index contributed by atoms with van der Waals surface area (Å²) in [6.45, 7) is 4.87. The normalized spacial score (nSPS) is 12.6. The SMILES string of the molecule is CC1(C)c2c(ccc3cc(N(c4ccccc4)c4ccc(-c5ccccc5)cc4)ccc23)-c2c1c1ccc(N(c3ccccc3)c3ccc(-c4ccccc4)cc3)cc1c1ccccc21. The lowest BCUT2D eigenvalue weighted by Gasteiger charge is -2.28. The summed E-state index contributed by atoms with van der Waals surface area (Å²) in [6, 6.07) is 88.5. The van der Waals surface area contributed by atoms with Gasteiger partial charge in [0.25, 0.3) is 0 Å². The molecule has 0 spiro atoms. The Hall–Kier alpha value is -8.20. The summed E-state index contributed by atoms with van der Waals surface area (Å²) in [5, 5.41) is 7.66. The number of rotatable bonds is 8. The van der Waals surface area contributed by atoms with E-state index in [4.69, 9.17) is 0 Å². The van der Waals surface area contributed by atoms with Crippen LogP contribution in [0, 0.1) is 0 Å². The molecule has 11 aromatic carbocycles. The Morgan fingerprint density at radius 2 is 0.692 bits per heavy atom. The number of hydrogen-bond donors (Lipinski definition) is 0. The largest absolute Gasteiger partial charge is 0.310 e. The highest BCUT2D eigenvalue weighted by atomic mass is 15.1. The number of benzene rings is 11. The average molecular weight is 831 g/mol. The second-order valence-corrected chi connectivity index (χ2v) is 17.7. The minimum absolute atomic E-state index is 0.270. The van der Waals surface area contributed by atoms with Crippen molar-refractivity contribution in [3.63, 3.8) is 0 Å². The van der Waals surface area contributed by atoms with E-state index in [2.05, 4.69) is 266 Å². The third-order valence-electron chi connectivity index (χ3n) is 13.5. The van der Waals surface area contributed by atoms with Crippen LogP contribution in [0.25, 0.3) is 65.7 Å². The van der Waals surface area contributed by atoms with E-state index in [1.165, 1.54) is 76.8 Å². The van der Waals surface area contributed by atoms with Crippen LogP contribution in [-0.4, -0.2) is 0 Å². The second-order valence-electron chi connectivity index (χ2n) is 17.7. The topological polar surface area (TPSA) is 6.48 Å². The Bertz CT molecular complexity index is 3530. The van der Waals surface area contributed by atoms with Crippen molar-refractivity contribution in [2.75, 3.05) is 9.80 Å². The van der Waals surface area contributed by atoms with Gasteiger partial charge in [-0.25, -0.2) is 0 Å². The van der Waals surface area contributed by atoms with E-state index in [9.17, 15) is 0 Å². The van der Waals surface area contributed by atoms with Gasteiger partial charge in [0.15, 0.2) is 0 Å². The maximum atomic E-state index is 2.43. The van der Waals surface area contributed by atoms with Crippen molar-refractivity contribution in [2.24, 2.45) is 0 Å². The molecule has 65 heavy (non-hydrogen) atoms. The third-order valence-corrected chi connectivity index (χ3v) is 13.5. The first-order valence-corrected chi connectivity index (χ1v) is 22.6. The molecule has 1 aliphatic carbocycles. The van der Waals surface area contributed by atoms with E-state index >= 15 is 0 Å². The lowest BCUT2D eigenvalue weighted by molar-refractivity contribution is 0.672. The molecule has 11 aromatic rings. The number of nitrogens with zero attached hydrogens (tertiary/aromatic N) is 2. The molecule has 2 nitrogen and oxygen atoms in total. The van der Waals surface area contributed by atoms with Crippen molar-refractivity contribution in [1.29, 1.82) is 0 Å². The van der Waals surface area contributed by atoms with Crippen LogP contribution in [0.15, 0.2) is 243 Å². The van der Waals surface area contributed by atoms with Gasteiger partial charge < -0.3 is 9.80 Å². The van der Waals surface area contributed by atoms with Gasteiger partial charge in [0.05, 0.1) is 0 Å². The number of fused-ring (bicyclic) bond motifs is 10. The summed E-state index contributed by atoms with van der Waals surface area (Å²) in [5.41, 5.74) is 16.8. The fourth-order valence-electron chi connectivity index (χ4n) is 10.6. The monoisotopic (exact) mass is 830 g/mol. The molecule has 0 saturated heterocycles. The summed E-state index contributed by atoms with van der Waals surface area (Å²) in [5.74, 6) is 0. The third kappa shape index (κ3) is 6.49. The molecule has 0 saturated carbocycles. The predicted molar refractivity (Wildman–Crippen MR) is 277 cm³/mol. The van der Waals surface area contributed by atoms with E-state index in [0.717, 1.165) is 34.1 Å². The van der Waals surface area contributed by atoms with Gasteiger partial charge in [-0.15, -0.1) is 0 Å². The van der Waals surface area contributed by atoms with Crippen LogP contribution in [0.2, 0.25) is 0 Å². The molecular weight excluding hydrogens is 785 g/mol. The van der Waals surface area contributed by atoms with E-state index in [-0.39, 0.29) is 5.41 Å². The van der Waals surface area contributed by atoms with Crippen LogP contribution >= 0.6 is 0 Å². The minimum Gasteiger partial charge on any atom is -0.310 e. The molecule has 0 fully saturated rings. The smallest absolute Gasteiger partial charge is 0.0468 e. The lowest BCUT2D eigenvalue weighted by Crippen LogP contribution is -2.16. The minimum atomic E-state index is -0.270. The molecular formula is C63H46N2. The maximum absolute atomic E-state index is 2.43. The standard InChI is InChI=1S/C63H46N2/c1-63(2)61-54-39-36-52(64(48-21-11-5-12-22-48)50-32-27-45(28-33-50)43-17-7-3-8-18-43)41-47(54)31-38-58(61)60-56-26-16-15-25-55(56)59-42-53(37-40-57(59)62(60)63)65(49-23-13-6-14-24-49)51-34-29-46(30-35-51)44-19-9-4-10-20-44/h3-42H,1-2H3. The first kappa shape index (κ1) is 38.5. The highest BCUT2D eigenvalue weighted by molar-refractivity contribution is 6.20. The molecule has 0 aromatic heterocycles. The van der Waals surface area contributed by atoms with Crippen molar-refractivity contribution in [1.82, 2.24) is 0 Å². The Morgan fingerprint density at radius 3 is 1.23 bits per heavy atom. The number of anilines is 6. The van der Waals surface area contributed by atoms with Crippen molar-refractivity contribution >= 4 is 66.4 Å². The lowest BCUT2D eigenvalue weighted by atomic mass is 9.77. The molecule has 0 aliphatic heterocycles. The fourth-order valence-corrected chi connectivity index (χ4v) is 10.6. The number of hydrogen-bond acceptors (Lipinski definition) is 2. The zero-order valence-electron chi connectivity index (χ0n) is 36.5. The Labute approximate surface area is 380 Å². The van der Waals surface area contributed by atoms with Crippen LogP contribution in [0.3, 0.4) is 0 Å². The zero-order valence-corrected chi connectivity index (χ0v) is 36.5. The Morgan fingerprint density at radius 1 is 0.277 bits per heavy atom. The molecule has 12 rings (SSSR count). The first-order chi connectivity index (χ1) is 32.0. The van der Waals surface area contributed by atoms with Gasteiger partial charge >= 0.3 is 0 Å². The molecule has 0 unspecified atom stereocenters. The van der Waals surface area contributed by atoms with Crippen molar-refractivity contribution in [3.8, 4) is 33.4 Å². The Balaban J connectivity index is 0.984. The second kappa shape index (κ2) is 15.6. The van der Waals surface area contributed by atoms with Gasteiger partial charge in [0.1, 0.15) is 0 Å². The van der Waals surface area contributed by atoms with Gasteiger partial charge in [-0.05, 0) is 150 Å². The average Bonchev–Trinajstić information content (AvgIpc) is 3.62. The van der Waals surface area contributed by atoms with Gasteiger partial charge in [-0.1, -0.05) is 184 Å². The summed E-state index contributed by atoms with van der Waals surface area (Å²) < 4.78 is 0. The van der Waals surface area contributed by atoms with Crippen LogP contribution in [0.1, 0.15) is 25.0 Å². The van der Waals surface area contributed by atoms with Crippen LogP contribution in [-0.2, 0) is 5.41 Å². The van der Waals surface area contributed by atoms with Crippen LogP contribution in [0.4, 0.5) is 34.1 Å². The van der Waals surface area contributed by atoms with E-state index in [1.54, 1.807) is 0 Å². The molecule has 0 atom stereocenters. The molecule has 0 amide bonds. The van der Waals surface area contributed by atoms with Gasteiger partial charge in [0, 0.05) is 39.5 Å². The molecule has 0 radical (unpaired) electrons. The highest BCUT2D eigenvalue weighted by Crippen LogP contribution is 2.57.